The molecule has 0 saturated heterocycles. The van der Waals surface area contributed by atoms with Crippen LogP contribution in [0.1, 0.15) is 20.8 Å². The van der Waals surface area contributed by atoms with Crippen molar-refractivity contribution in [2.75, 3.05) is 0 Å². The molecule has 0 aliphatic heterocycles. The van der Waals surface area contributed by atoms with Gasteiger partial charge in [0.05, 0.1) is 0 Å². The second-order valence-electron chi connectivity index (χ2n) is 4.81. The Balaban J connectivity index is 2.86. The first-order valence-electron chi connectivity index (χ1n) is 4.75. The van der Waals surface area contributed by atoms with Crippen molar-refractivity contribution in [1.29, 1.82) is 0 Å². The predicted octanol–water partition coefficient (Wildman–Crippen LogP) is 3.86. The summed E-state index contributed by atoms with van der Waals surface area (Å²) in [5, 5.41) is 1.11. The van der Waals surface area contributed by atoms with Gasteiger partial charge in [-0.15, -0.1) is 22.2 Å². The molecule has 0 N–H and O–H groups in total. The molecule has 0 aliphatic carbocycles. The van der Waals surface area contributed by atoms with Crippen molar-refractivity contribution >= 4 is 34.0 Å². The second-order valence-corrected chi connectivity index (χ2v) is 11.6. The molecule has 0 spiro atoms. The first kappa shape index (κ1) is 12.1. The van der Waals surface area contributed by atoms with Crippen molar-refractivity contribution in [3.05, 3.63) is 30.3 Å². The van der Waals surface area contributed by atoms with Crippen LogP contribution in [0.15, 0.2) is 30.3 Å². The fourth-order valence-electron chi connectivity index (χ4n) is 1.45. The molecule has 0 saturated carbocycles. The Bertz CT molecular complexity index is 288. The standard InChI is InChI=1S/C11H16Cl2Si/c1-11(2,3)9-14(12,13)10-7-5-4-6-8-10/h4-8H,9H2,1-3H3. The Morgan fingerprint density at radius 1 is 1.07 bits per heavy atom. The molecule has 0 amide bonds. The SMILES string of the molecule is CC(C)(C)C[Si](Cl)(Cl)c1ccccc1. The summed E-state index contributed by atoms with van der Waals surface area (Å²) in [5.41, 5.74) is 0.186. The molecule has 0 aromatic heterocycles. The van der Waals surface area contributed by atoms with Crippen LogP contribution >= 0.6 is 22.2 Å². The molecule has 0 heterocycles. The van der Waals surface area contributed by atoms with Gasteiger partial charge in [-0.25, -0.2) is 0 Å². The van der Waals surface area contributed by atoms with E-state index in [2.05, 4.69) is 20.8 Å². The van der Waals surface area contributed by atoms with Crippen LogP contribution in [-0.4, -0.2) is 6.69 Å². The van der Waals surface area contributed by atoms with Crippen molar-refractivity contribution in [2.24, 2.45) is 5.41 Å². The number of rotatable bonds is 2. The lowest BCUT2D eigenvalue weighted by Crippen LogP contribution is -2.39. The molecule has 0 unspecified atom stereocenters. The Hall–Kier alpha value is 0.0169. The first-order valence-corrected chi connectivity index (χ1v) is 8.98. The van der Waals surface area contributed by atoms with E-state index < -0.39 is 6.69 Å². The summed E-state index contributed by atoms with van der Waals surface area (Å²) in [6, 6.07) is 10.9. The fraction of sp³-hybridized carbons (Fsp3) is 0.455. The van der Waals surface area contributed by atoms with Crippen molar-refractivity contribution in [3.8, 4) is 0 Å². The largest absolute Gasteiger partial charge is 0.281 e. The Morgan fingerprint density at radius 3 is 2.00 bits per heavy atom. The van der Waals surface area contributed by atoms with Gasteiger partial charge in [0, 0.05) is 0 Å². The summed E-state index contributed by atoms with van der Waals surface area (Å²) in [7, 11) is 0. The molecular weight excluding hydrogens is 231 g/mol. The van der Waals surface area contributed by atoms with Gasteiger partial charge in [-0.2, -0.15) is 0 Å². The van der Waals surface area contributed by atoms with Gasteiger partial charge in [-0.05, 0) is 16.6 Å². The minimum Gasteiger partial charge on any atom is -0.140 e. The summed E-state index contributed by atoms with van der Waals surface area (Å²) in [6.45, 7) is 4.24. The molecule has 0 fully saturated rings. The molecule has 0 radical (unpaired) electrons. The lowest BCUT2D eigenvalue weighted by atomic mass is 10.0. The zero-order valence-corrected chi connectivity index (χ0v) is 11.4. The third kappa shape index (κ3) is 3.64. The molecule has 1 rings (SSSR count). The molecular formula is C11H16Cl2Si. The van der Waals surface area contributed by atoms with E-state index in [0.717, 1.165) is 11.2 Å². The zero-order valence-electron chi connectivity index (χ0n) is 8.85. The molecule has 0 nitrogen and oxygen atoms in total. The maximum absolute atomic E-state index is 6.45. The average molecular weight is 247 g/mol. The van der Waals surface area contributed by atoms with Gasteiger partial charge in [0.1, 0.15) is 0 Å². The summed E-state index contributed by atoms with van der Waals surface area (Å²) >= 11 is 12.9. The lowest BCUT2D eigenvalue weighted by molar-refractivity contribution is 0.466. The van der Waals surface area contributed by atoms with Crippen LogP contribution in [0.25, 0.3) is 0 Å². The van der Waals surface area contributed by atoms with E-state index in [1.165, 1.54) is 0 Å². The topological polar surface area (TPSA) is 0 Å². The minimum absolute atomic E-state index is 0.186. The molecule has 1 aromatic carbocycles. The Kier molecular flexibility index (Phi) is 3.67. The van der Waals surface area contributed by atoms with E-state index in [1.807, 2.05) is 30.3 Å². The summed E-state index contributed by atoms with van der Waals surface area (Å²) in [4.78, 5) is 0. The van der Waals surface area contributed by atoms with Crippen LogP contribution in [0.4, 0.5) is 0 Å². The van der Waals surface area contributed by atoms with E-state index >= 15 is 0 Å². The van der Waals surface area contributed by atoms with E-state index in [1.54, 1.807) is 0 Å². The quantitative estimate of drug-likeness (QED) is 0.550. The minimum atomic E-state index is -2.27. The third-order valence-electron chi connectivity index (χ3n) is 1.95. The molecule has 3 heteroatoms. The Morgan fingerprint density at radius 2 is 1.57 bits per heavy atom. The summed E-state index contributed by atoms with van der Waals surface area (Å²) in [6.07, 6.45) is 0. The fourth-order valence-corrected chi connectivity index (χ4v) is 6.83. The van der Waals surface area contributed by atoms with E-state index in [-0.39, 0.29) is 5.41 Å². The third-order valence-corrected chi connectivity index (χ3v) is 6.74. The lowest BCUT2D eigenvalue weighted by Gasteiger charge is -2.26. The maximum atomic E-state index is 6.45. The van der Waals surface area contributed by atoms with Crippen molar-refractivity contribution in [3.63, 3.8) is 0 Å². The van der Waals surface area contributed by atoms with Crippen molar-refractivity contribution in [2.45, 2.75) is 26.8 Å². The number of halogens is 2. The monoisotopic (exact) mass is 246 g/mol. The van der Waals surface area contributed by atoms with Crippen molar-refractivity contribution in [1.82, 2.24) is 0 Å². The molecule has 0 aliphatic rings. The second kappa shape index (κ2) is 4.26. The Labute approximate surface area is 96.7 Å². The van der Waals surface area contributed by atoms with E-state index in [9.17, 15) is 0 Å². The highest BCUT2D eigenvalue weighted by Crippen LogP contribution is 2.32. The van der Waals surface area contributed by atoms with Gasteiger partial charge in [-0.3, -0.25) is 0 Å². The van der Waals surface area contributed by atoms with Crippen LogP contribution in [0.2, 0.25) is 6.04 Å². The molecule has 0 bridgehead atoms. The average Bonchev–Trinajstić information content (AvgIpc) is 2.01. The number of hydrogen-bond acceptors (Lipinski definition) is 0. The van der Waals surface area contributed by atoms with E-state index in [0.29, 0.717) is 0 Å². The van der Waals surface area contributed by atoms with Gasteiger partial charge < -0.3 is 0 Å². The van der Waals surface area contributed by atoms with Crippen molar-refractivity contribution < 1.29 is 0 Å². The van der Waals surface area contributed by atoms with E-state index in [4.69, 9.17) is 22.2 Å². The van der Waals surface area contributed by atoms with Gasteiger partial charge in [0.15, 0.2) is 0 Å². The first-order chi connectivity index (χ1) is 6.31. The smallest absolute Gasteiger partial charge is 0.140 e. The number of benzene rings is 1. The zero-order chi connectivity index (χ0) is 10.8. The number of hydrogen-bond donors (Lipinski definition) is 0. The van der Waals surface area contributed by atoms with Crippen LogP contribution in [0.5, 0.6) is 0 Å². The van der Waals surface area contributed by atoms with Crippen LogP contribution in [0.3, 0.4) is 0 Å². The molecule has 14 heavy (non-hydrogen) atoms. The van der Waals surface area contributed by atoms with Gasteiger partial charge >= 0.3 is 0 Å². The van der Waals surface area contributed by atoms with Gasteiger partial charge in [0.25, 0.3) is 6.69 Å². The normalized spacial score (nSPS) is 12.9. The summed E-state index contributed by atoms with van der Waals surface area (Å²) in [5.74, 6) is 0. The van der Waals surface area contributed by atoms with Crippen LogP contribution < -0.4 is 5.19 Å². The van der Waals surface area contributed by atoms with Gasteiger partial charge in [-0.1, -0.05) is 51.1 Å². The predicted molar refractivity (Wildman–Crippen MR) is 67.8 cm³/mol. The molecule has 1 aromatic rings. The highest BCUT2D eigenvalue weighted by atomic mass is 35.7. The van der Waals surface area contributed by atoms with Crippen LogP contribution in [-0.2, 0) is 0 Å². The van der Waals surface area contributed by atoms with Gasteiger partial charge in [0.2, 0.25) is 0 Å². The maximum Gasteiger partial charge on any atom is 0.281 e. The highest BCUT2D eigenvalue weighted by Gasteiger charge is 2.35. The highest BCUT2D eigenvalue weighted by molar-refractivity contribution is 7.51. The van der Waals surface area contributed by atoms with Crippen LogP contribution in [0, 0.1) is 5.41 Å². The molecule has 78 valence electrons. The molecule has 0 atom stereocenters. The summed E-state index contributed by atoms with van der Waals surface area (Å²) < 4.78 is 0.